The van der Waals surface area contributed by atoms with Gasteiger partial charge in [-0.3, -0.25) is 4.79 Å². The van der Waals surface area contributed by atoms with E-state index in [-0.39, 0.29) is 5.91 Å². The first-order valence-corrected chi connectivity index (χ1v) is 8.38. The van der Waals surface area contributed by atoms with Crippen LogP contribution < -0.4 is 14.8 Å². The number of amides is 1. The van der Waals surface area contributed by atoms with Gasteiger partial charge in [-0.25, -0.2) is 0 Å². The number of hydrogen-bond acceptors (Lipinski definition) is 3. The van der Waals surface area contributed by atoms with Crippen LogP contribution in [0.15, 0.2) is 40.9 Å². The van der Waals surface area contributed by atoms with Gasteiger partial charge in [0.05, 0.1) is 23.4 Å². The molecule has 0 aromatic heterocycles. The van der Waals surface area contributed by atoms with Gasteiger partial charge in [0.1, 0.15) is 11.5 Å². The zero-order valence-electron chi connectivity index (χ0n) is 12.9. The summed E-state index contributed by atoms with van der Waals surface area (Å²) in [6.45, 7) is 4.84. The molecule has 0 saturated carbocycles. The van der Waals surface area contributed by atoms with Gasteiger partial charge in [-0.1, -0.05) is 11.6 Å². The molecule has 2 aromatic carbocycles. The first kappa shape index (κ1) is 17.6. The Labute approximate surface area is 148 Å². The molecule has 0 saturated heterocycles. The van der Waals surface area contributed by atoms with E-state index in [9.17, 15) is 4.79 Å². The smallest absolute Gasteiger partial charge is 0.255 e. The molecule has 6 heteroatoms. The molecule has 0 radical (unpaired) electrons. The lowest BCUT2D eigenvalue weighted by molar-refractivity contribution is 0.102. The van der Waals surface area contributed by atoms with Crippen LogP contribution in [-0.4, -0.2) is 19.1 Å². The molecule has 0 bridgehead atoms. The van der Waals surface area contributed by atoms with E-state index in [0.29, 0.717) is 41.0 Å². The quantitative estimate of drug-likeness (QED) is 0.732. The summed E-state index contributed by atoms with van der Waals surface area (Å²) in [6.07, 6.45) is 0. The fraction of sp³-hybridized carbons (Fsp3) is 0.235. The summed E-state index contributed by atoms with van der Waals surface area (Å²) in [7, 11) is 0. The van der Waals surface area contributed by atoms with Crippen LogP contribution in [0.4, 0.5) is 5.69 Å². The number of hydrogen-bond donors (Lipinski definition) is 1. The van der Waals surface area contributed by atoms with Crippen LogP contribution in [0.5, 0.6) is 11.5 Å². The van der Waals surface area contributed by atoms with Gasteiger partial charge in [-0.2, -0.15) is 0 Å². The molecule has 0 aliphatic rings. The van der Waals surface area contributed by atoms with Gasteiger partial charge in [-0.05, 0) is 66.2 Å². The summed E-state index contributed by atoms with van der Waals surface area (Å²) in [5, 5.41) is 3.35. The molecule has 0 atom stereocenters. The largest absolute Gasteiger partial charge is 0.493 e. The van der Waals surface area contributed by atoms with Crippen molar-refractivity contribution in [1.29, 1.82) is 0 Å². The number of carbonyl (C=O) groups excluding carboxylic acids is 1. The molecule has 122 valence electrons. The molecule has 1 amide bonds. The second-order valence-corrected chi connectivity index (χ2v) is 5.90. The van der Waals surface area contributed by atoms with E-state index >= 15 is 0 Å². The van der Waals surface area contributed by atoms with E-state index in [1.807, 2.05) is 13.8 Å². The molecule has 0 aliphatic heterocycles. The van der Waals surface area contributed by atoms with Gasteiger partial charge in [0, 0.05) is 10.6 Å². The predicted octanol–water partition coefficient (Wildman–Crippen LogP) is 5.15. The summed E-state index contributed by atoms with van der Waals surface area (Å²) in [5.41, 5.74) is 1.04. The summed E-state index contributed by atoms with van der Waals surface area (Å²) in [4.78, 5) is 12.4. The maximum Gasteiger partial charge on any atom is 0.255 e. The first-order valence-electron chi connectivity index (χ1n) is 7.21. The molecule has 0 heterocycles. The summed E-state index contributed by atoms with van der Waals surface area (Å²) < 4.78 is 11.7. The monoisotopic (exact) mass is 397 g/mol. The highest BCUT2D eigenvalue weighted by atomic mass is 79.9. The van der Waals surface area contributed by atoms with Crippen LogP contribution in [0.25, 0.3) is 0 Å². The van der Waals surface area contributed by atoms with E-state index in [2.05, 4.69) is 21.2 Å². The number of nitrogens with one attached hydrogen (secondary N) is 1. The van der Waals surface area contributed by atoms with Crippen LogP contribution >= 0.6 is 27.5 Å². The zero-order chi connectivity index (χ0) is 16.8. The van der Waals surface area contributed by atoms with E-state index in [1.165, 1.54) is 0 Å². The van der Waals surface area contributed by atoms with Crippen molar-refractivity contribution in [3.05, 3.63) is 51.5 Å². The van der Waals surface area contributed by atoms with Crippen LogP contribution in [0.3, 0.4) is 0 Å². The molecule has 0 fully saturated rings. The molecule has 2 aromatic rings. The van der Waals surface area contributed by atoms with Gasteiger partial charge in [0.2, 0.25) is 0 Å². The van der Waals surface area contributed by atoms with E-state index in [0.717, 1.165) is 4.47 Å². The van der Waals surface area contributed by atoms with Crippen molar-refractivity contribution < 1.29 is 14.3 Å². The zero-order valence-corrected chi connectivity index (χ0v) is 15.2. The van der Waals surface area contributed by atoms with E-state index < -0.39 is 0 Å². The summed E-state index contributed by atoms with van der Waals surface area (Å²) in [6, 6.07) is 10.3. The average Bonchev–Trinajstić information content (AvgIpc) is 2.52. The molecule has 1 N–H and O–H groups in total. The molecular weight excluding hydrogens is 382 g/mol. The molecule has 4 nitrogen and oxygen atoms in total. The number of carbonyl (C=O) groups is 1. The highest BCUT2D eigenvalue weighted by Gasteiger charge is 2.12. The van der Waals surface area contributed by atoms with Crippen molar-refractivity contribution in [1.82, 2.24) is 0 Å². The highest BCUT2D eigenvalue weighted by molar-refractivity contribution is 9.10. The number of benzene rings is 2. The second kappa shape index (κ2) is 8.22. The Morgan fingerprint density at radius 1 is 1.09 bits per heavy atom. The maximum atomic E-state index is 12.4. The van der Waals surface area contributed by atoms with Gasteiger partial charge in [0.25, 0.3) is 5.91 Å². The second-order valence-electron chi connectivity index (χ2n) is 4.61. The van der Waals surface area contributed by atoms with Crippen molar-refractivity contribution >= 4 is 39.1 Å². The van der Waals surface area contributed by atoms with Crippen LogP contribution in [0, 0.1) is 0 Å². The van der Waals surface area contributed by atoms with Crippen molar-refractivity contribution in [2.45, 2.75) is 13.8 Å². The van der Waals surface area contributed by atoms with E-state index in [4.69, 9.17) is 21.1 Å². The summed E-state index contributed by atoms with van der Waals surface area (Å²) in [5.74, 6) is 1.02. The molecule has 0 spiro atoms. The Bertz CT molecular complexity index is 706. The lowest BCUT2D eigenvalue weighted by Gasteiger charge is -2.13. The SMILES string of the molecule is CCOc1ccc(C(=O)Nc2cc(Cl)ccc2OCC)cc1Br. The van der Waals surface area contributed by atoms with Crippen molar-refractivity contribution in [3.63, 3.8) is 0 Å². The minimum atomic E-state index is -0.253. The fourth-order valence-electron chi connectivity index (χ4n) is 1.99. The van der Waals surface area contributed by atoms with Crippen molar-refractivity contribution in [2.24, 2.45) is 0 Å². The molecule has 0 aliphatic carbocycles. The fourth-order valence-corrected chi connectivity index (χ4v) is 2.66. The summed E-state index contributed by atoms with van der Waals surface area (Å²) >= 11 is 9.40. The van der Waals surface area contributed by atoms with Gasteiger partial charge < -0.3 is 14.8 Å². The molecule has 0 unspecified atom stereocenters. The topological polar surface area (TPSA) is 47.6 Å². The van der Waals surface area contributed by atoms with Gasteiger partial charge >= 0.3 is 0 Å². The van der Waals surface area contributed by atoms with Crippen LogP contribution in [0.1, 0.15) is 24.2 Å². The number of halogens is 2. The van der Waals surface area contributed by atoms with Crippen molar-refractivity contribution in [3.8, 4) is 11.5 Å². The van der Waals surface area contributed by atoms with Gasteiger partial charge in [0.15, 0.2) is 0 Å². The van der Waals surface area contributed by atoms with Crippen molar-refractivity contribution in [2.75, 3.05) is 18.5 Å². The maximum absolute atomic E-state index is 12.4. The third-order valence-corrected chi connectivity index (χ3v) is 3.84. The van der Waals surface area contributed by atoms with E-state index in [1.54, 1.807) is 36.4 Å². The lowest BCUT2D eigenvalue weighted by atomic mass is 10.2. The van der Waals surface area contributed by atoms with Crippen LogP contribution in [0.2, 0.25) is 5.02 Å². The van der Waals surface area contributed by atoms with Crippen LogP contribution in [-0.2, 0) is 0 Å². The Hall–Kier alpha value is -1.72. The number of ether oxygens (including phenoxy) is 2. The minimum absolute atomic E-state index is 0.253. The Kier molecular flexibility index (Phi) is 6.30. The minimum Gasteiger partial charge on any atom is -0.493 e. The average molecular weight is 399 g/mol. The highest BCUT2D eigenvalue weighted by Crippen LogP contribution is 2.30. The normalized spacial score (nSPS) is 10.3. The Morgan fingerprint density at radius 3 is 2.39 bits per heavy atom. The molecular formula is C17H17BrClNO3. The Balaban J connectivity index is 2.22. The Morgan fingerprint density at radius 2 is 1.74 bits per heavy atom. The third-order valence-electron chi connectivity index (χ3n) is 2.98. The number of rotatable bonds is 6. The van der Waals surface area contributed by atoms with Gasteiger partial charge in [-0.15, -0.1) is 0 Å². The third kappa shape index (κ3) is 4.62. The predicted molar refractivity (Wildman–Crippen MR) is 95.9 cm³/mol. The lowest BCUT2D eigenvalue weighted by Crippen LogP contribution is -2.13. The molecule has 23 heavy (non-hydrogen) atoms. The standard InChI is InChI=1S/C17H17BrClNO3/c1-3-22-15-7-5-11(9-13(15)18)17(21)20-14-10-12(19)6-8-16(14)23-4-2/h5-10H,3-4H2,1-2H3,(H,20,21). The first-order chi connectivity index (χ1) is 11.0. The molecule has 2 rings (SSSR count). The number of anilines is 1.